The first-order chi connectivity index (χ1) is 18.5. The van der Waals surface area contributed by atoms with Crippen LogP contribution in [0.1, 0.15) is 69.7 Å². The average Bonchev–Trinajstić information content (AvgIpc) is 3.22. The van der Waals surface area contributed by atoms with E-state index in [1.165, 1.54) is 29.9 Å². The number of aromatic carboxylic acids is 1. The Bertz CT molecular complexity index is 1230. The van der Waals surface area contributed by atoms with Crippen LogP contribution >= 0.6 is 0 Å². The van der Waals surface area contributed by atoms with E-state index in [4.69, 9.17) is 0 Å². The molecular formula is C30H38N4O5. The molecule has 2 aromatic carbocycles. The second-order valence-corrected chi connectivity index (χ2v) is 11.4. The van der Waals surface area contributed by atoms with Crippen molar-refractivity contribution in [2.75, 3.05) is 28.2 Å². The molecule has 1 atom stereocenters. The fourth-order valence-electron chi connectivity index (χ4n) is 5.24. The lowest BCUT2D eigenvalue weighted by Gasteiger charge is -2.34. The number of nitrogens with one attached hydrogen (secondary N) is 2. The largest absolute Gasteiger partial charge is 0.478 e. The summed E-state index contributed by atoms with van der Waals surface area (Å²) in [6, 6.07) is 12.2. The summed E-state index contributed by atoms with van der Waals surface area (Å²) in [5.41, 5.74) is 1.26. The molecule has 2 aliphatic rings. The molecule has 4 rings (SSSR count). The molecule has 1 heterocycles. The molecule has 3 N–H and O–H groups in total. The van der Waals surface area contributed by atoms with Crippen molar-refractivity contribution in [3.05, 3.63) is 54.1 Å². The molecule has 1 unspecified atom stereocenters. The van der Waals surface area contributed by atoms with Crippen molar-refractivity contribution in [3.8, 4) is 0 Å². The van der Waals surface area contributed by atoms with E-state index >= 15 is 0 Å². The average molecular weight is 535 g/mol. The number of carboxylic acid groups (broad SMARTS) is 1. The Balaban J connectivity index is 1.67. The molecule has 9 nitrogen and oxygen atoms in total. The van der Waals surface area contributed by atoms with Crippen LogP contribution in [0.4, 0.5) is 21.9 Å². The number of nitrogens with zero attached hydrogens (tertiary/aromatic N) is 2. The van der Waals surface area contributed by atoms with Gasteiger partial charge in [0, 0.05) is 23.7 Å². The first-order valence-electron chi connectivity index (χ1n) is 13.7. The first-order valence-corrected chi connectivity index (χ1v) is 13.7. The number of rotatable bonds is 6. The van der Waals surface area contributed by atoms with Crippen molar-refractivity contribution in [1.29, 1.82) is 0 Å². The van der Waals surface area contributed by atoms with Crippen molar-refractivity contribution in [2.45, 2.75) is 71.4 Å². The van der Waals surface area contributed by atoms with Gasteiger partial charge in [0.2, 0.25) is 0 Å². The van der Waals surface area contributed by atoms with Crippen LogP contribution in [-0.4, -0.2) is 54.0 Å². The molecule has 1 aliphatic carbocycles. The second kappa shape index (κ2) is 11.9. The maximum absolute atomic E-state index is 14.0. The summed E-state index contributed by atoms with van der Waals surface area (Å²) >= 11 is 0. The molecule has 0 bridgehead atoms. The van der Waals surface area contributed by atoms with Gasteiger partial charge in [0.1, 0.15) is 6.04 Å². The number of hydrogen-bond donors (Lipinski definition) is 3. The monoisotopic (exact) mass is 534 g/mol. The van der Waals surface area contributed by atoms with E-state index < -0.39 is 23.5 Å². The molecule has 2 aromatic rings. The van der Waals surface area contributed by atoms with Crippen LogP contribution in [0, 0.1) is 5.41 Å². The molecule has 3 amide bonds. The van der Waals surface area contributed by atoms with Gasteiger partial charge in [-0.25, -0.2) is 9.59 Å². The number of Topliss-reactive ketones (excluding diaryl/α,β-unsaturated/α-hetero) is 1. The lowest BCUT2D eigenvalue weighted by molar-refractivity contribution is -0.127. The standard InChI is InChI=1S/C30H38N4O5/c1-30(2,3)26(35)19-34-25-16-9-8-15-24(25)33(22-13-6-4-5-7-14-22)18-23(27(34)36)32-29(39)31-21-12-10-11-20(17-21)28(37)38/h8-12,15-17,22-23H,4-7,13-14,18-19H2,1-3H3,(H,37,38)(H2,31,32,39). The van der Waals surface area contributed by atoms with Gasteiger partial charge in [0.05, 0.1) is 23.5 Å². The highest BCUT2D eigenvalue weighted by molar-refractivity contribution is 6.08. The minimum atomic E-state index is -1.10. The predicted octanol–water partition coefficient (Wildman–Crippen LogP) is 5.07. The number of fused-ring (bicyclic) bond motifs is 1. The molecule has 0 spiro atoms. The molecule has 39 heavy (non-hydrogen) atoms. The molecule has 0 radical (unpaired) electrons. The summed E-state index contributed by atoms with van der Waals surface area (Å²) in [5.74, 6) is -1.54. The van der Waals surface area contributed by atoms with Gasteiger partial charge in [-0.3, -0.25) is 9.59 Å². The number of para-hydroxylation sites is 2. The molecule has 0 saturated heterocycles. The molecule has 1 aliphatic heterocycles. The fraction of sp³-hybridized carbons (Fsp3) is 0.467. The minimum Gasteiger partial charge on any atom is -0.478 e. The van der Waals surface area contributed by atoms with Gasteiger partial charge < -0.3 is 25.5 Å². The Morgan fingerprint density at radius 2 is 1.62 bits per heavy atom. The topological polar surface area (TPSA) is 119 Å². The third kappa shape index (κ3) is 6.77. The number of carboxylic acids is 1. The summed E-state index contributed by atoms with van der Waals surface area (Å²) in [4.78, 5) is 55.3. The third-order valence-electron chi connectivity index (χ3n) is 7.50. The molecular weight excluding hydrogens is 496 g/mol. The Morgan fingerprint density at radius 1 is 0.949 bits per heavy atom. The maximum Gasteiger partial charge on any atom is 0.335 e. The Kier molecular flexibility index (Phi) is 8.57. The number of benzene rings is 2. The van der Waals surface area contributed by atoms with Gasteiger partial charge in [-0.05, 0) is 43.2 Å². The number of carbonyl (C=O) groups is 4. The smallest absolute Gasteiger partial charge is 0.335 e. The summed E-state index contributed by atoms with van der Waals surface area (Å²) in [6.45, 7) is 5.66. The highest BCUT2D eigenvalue weighted by atomic mass is 16.4. The van der Waals surface area contributed by atoms with E-state index in [1.54, 1.807) is 12.1 Å². The summed E-state index contributed by atoms with van der Waals surface area (Å²) < 4.78 is 0. The van der Waals surface area contributed by atoms with Crippen molar-refractivity contribution < 1.29 is 24.3 Å². The Hall–Kier alpha value is -3.88. The second-order valence-electron chi connectivity index (χ2n) is 11.4. The van der Waals surface area contributed by atoms with Gasteiger partial charge in [0.15, 0.2) is 5.78 Å². The highest BCUT2D eigenvalue weighted by Crippen LogP contribution is 2.37. The van der Waals surface area contributed by atoms with Crippen LogP contribution in [0.25, 0.3) is 0 Å². The van der Waals surface area contributed by atoms with Crippen molar-refractivity contribution in [1.82, 2.24) is 5.32 Å². The lowest BCUT2D eigenvalue weighted by atomic mass is 9.90. The quantitative estimate of drug-likeness (QED) is 0.446. The van der Waals surface area contributed by atoms with Gasteiger partial charge in [-0.2, -0.15) is 0 Å². The third-order valence-corrected chi connectivity index (χ3v) is 7.50. The molecule has 9 heteroatoms. The van der Waals surface area contributed by atoms with Crippen molar-refractivity contribution in [3.63, 3.8) is 0 Å². The highest BCUT2D eigenvalue weighted by Gasteiger charge is 2.39. The zero-order valence-electron chi connectivity index (χ0n) is 22.9. The number of amides is 3. The van der Waals surface area contributed by atoms with Crippen molar-refractivity contribution in [2.24, 2.45) is 5.41 Å². The zero-order valence-corrected chi connectivity index (χ0v) is 22.9. The summed E-state index contributed by atoms with van der Waals surface area (Å²) in [7, 11) is 0. The van der Waals surface area contributed by atoms with Gasteiger partial charge >= 0.3 is 12.0 Å². The van der Waals surface area contributed by atoms with Gasteiger partial charge in [0.25, 0.3) is 5.91 Å². The Morgan fingerprint density at radius 3 is 2.26 bits per heavy atom. The maximum atomic E-state index is 14.0. The molecule has 1 saturated carbocycles. The number of hydrogen-bond acceptors (Lipinski definition) is 5. The predicted molar refractivity (Wildman–Crippen MR) is 151 cm³/mol. The van der Waals surface area contributed by atoms with E-state index in [-0.39, 0.29) is 36.4 Å². The van der Waals surface area contributed by atoms with E-state index in [2.05, 4.69) is 15.5 Å². The normalized spacial score (nSPS) is 18.5. The van der Waals surface area contributed by atoms with Crippen LogP contribution in [0.3, 0.4) is 0 Å². The SMILES string of the molecule is CC(C)(C)C(=O)CN1C(=O)C(NC(=O)Nc2cccc(C(=O)O)c2)CN(C2CCCCCC2)c2ccccc21. The summed E-state index contributed by atoms with van der Waals surface area (Å²) in [5, 5.41) is 14.8. The lowest BCUT2D eigenvalue weighted by Crippen LogP contribution is -2.55. The first kappa shape index (κ1) is 28.1. The van der Waals surface area contributed by atoms with E-state index in [0.717, 1.165) is 31.4 Å². The van der Waals surface area contributed by atoms with E-state index in [1.807, 2.05) is 45.0 Å². The van der Waals surface area contributed by atoms with Crippen molar-refractivity contribution >= 4 is 40.8 Å². The van der Waals surface area contributed by atoms with Crippen LogP contribution in [0.5, 0.6) is 0 Å². The fourth-order valence-corrected chi connectivity index (χ4v) is 5.24. The molecule has 0 aromatic heterocycles. The molecule has 208 valence electrons. The zero-order chi connectivity index (χ0) is 28.2. The van der Waals surface area contributed by atoms with Crippen LogP contribution in [0.15, 0.2) is 48.5 Å². The molecule has 1 fully saturated rings. The number of anilines is 3. The number of urea groups is 1. The number of carbonyl (C=O) groups excluding carboxylic acids is 3. The van der Waals surface area contributed by atoms with Crippen LogP contribution in [0.2, 0.25) is 0 Å². The van der Waals surface area contributed by atoms with Gasteiger partial charge in [-0.15, -0.1) is 0 Å². The van der Waals surface area contributed by atoms with Crippen LogP contribution < -0.4 is 20.4 Å². The van der Waals surface area contributed by atoms with Gasteiger partial charge in [-0.1, -0.05) is 64.7 Å². The Labute approximate surface area is 229 Å². The van der Waals surface area contributed by atoms with Crippen LogP contribution in [-0.2, 0) is 9.59 Å². The minimum absolute atomic E-state index is 0.0419. The summed E-state index contributed by atoms with van der Waals surface area (Å²) in [6.07, 6.45) is 6.53. The number of ketones is 1. The van der Waals surface area contributed by atoms with E-state index in [9.17, 15) is 24.3 Å². The van der Waals surface area contributed by atoms with E-state index in [0.29, 0.717) is 11.4 Å².